The summed E-state index contributed by atoms with van der Waals surface area (Å²) in [4.78, 5) is 8.79. The van der Waals surface area contributed by atoms with Crippen LogP contribution < -0.4 is 8.85 Å². The molecular formula is C19H15ClN2O2Si. The highest BCUT2D eigenvalue weighted by Gasteiger charge is 2.35. The fourth-order valence-electron chi connectivity index (χ4n) is 2.73. The summed E-state index contributed by atoms with van der Waals surface area (Å²) in [6, 6.07) is 19.3. The van der Waals surface area contributed by atoms with Gasteiger partial charge in [0.25, 0.3) is 0 Å². The van der Waals surface area contributed by atoms with E-state index < -0.39 is 7.87 Å². The van der Waals surface area contributed by atoms with Gasteiger partial charge in [-0.1, -0.05) is 47.5 Å². The molecule has 2 aromatic carbocycles. The van der Waals surface area contributed by atoms with Crippen LogP contribution in [0.25, 0.3) is 21.8 Å². The largest absolute Gasteiger partial charge is 0.566 e. The monoisotopic (exact) mass is 366 g/mol. The van der Waals surface area contributed by atoms with Crippen LogP contribution in [0.2, 0.25) is 6.55 Å². The fourth-order valence-corrected chi connectivity index (χ4v) is 4.39. The van der Waals surface area contributed by atoms with Gasteiger partial charge in [-0.25, -0.2) is 0 Å². The van der Waals surface area contributed by atoms with Gasteiger partial charge in [-0.05, 0) is 24.3 Å². The topological polar surface area (TPSA) is 44.2 Å². The van der Waals surface area contributed by atoms with Crippen LogP contribution in [0.3, 0.4) is 0 Å². The molecule has 4 rings (SSSR count). The molecule has 0 atom stereocenters. The average molecular weight is 367 g/mol. The molecule has 0 bridgehead atoms. The van der Waals surface area contributed by atoms with E-state index >= 15 is 0 Å². The maximum Gasteiger partial charge on any atom is 0.566 e. The van der Waals surface area contributed by atoms with Crippen molar-refractivity contribution in [3.63, 3.8) is 0 Å². The Labute approximate surface area is 151 Å². The Morgan fingerprint density at radius 2 is 1.16 bits per heavy atom. The molecule has 0 N–H and O–H groups in total. The van der Waals surface area contributed by atoms with Crippen LogP contribution in [0.5, 0.6) is 11.5 Å². The van der Waals surface area contributed by atoms with Crippen LogP contribution in [0.15, 0.2) is 73.1 Å². The van der Waals surface area contributed by atoms with E-state index in [0.29, 0.717) is 11.5 Å². The number of rotatable bonds is 4. The predicted octanol–water partition coefficient (Wildman–Crippen LogP) is 5.05. The quantitative estimate of drug-likeness (QED) is 0.374. The summed E-state index contributed by atoms with van der Waals surface area (Å²) in [6.07, 6.45) is 3.47. The molecule has 4 aromatic rings. The highest BCUT2D eigenvalue weighted by atomic mass is 35.6. The Bertz CT molecular complexity index is 962. The van der Waals surface area contributed by atoms with E-state index in [-0.39, 0.29) is 0 Å². The molecule has 0 amide bonds. The van der Waals surface area contributed by atoms with Gasteiger partial charge < -0.3 is 8.85 Å². The van der Waals surface area contributed by atoms with Gasteiger partial charge in [-0.2, -0.15) is 0 Å². The van der Waals surface area contributed by atoms with Crippen molar-refractivity contribution in [3.8, 4) is 11.5 Å². The minimum Gasteiger partial charge on any atom is -0.499 e. The molecule has 2 aromatic heterocycles. The standard InChI is InChI=1S/C19H15ClN2O2Si/c1-25(20,23-16-10-2-6-14-8-4-12-21-18(14)16)24-17-11-3-7-15-9-5-13-22-19(15)17/h2-13H,1H3. The van der Waals surface area contributed by atoms with E-state index in [0.717, 1.165) is 21.8 Å². The third-order valence-electron chi connectivity index (χ3n) is 3.78. The van der Waals surface area contributed by atoms with E-state index in [2.05, 4.69) is 9.97 Å². The number of pyridine rings is 2. The third-order valence-corrected chi connectivity index (χ3v) is 5.41. The highest BCUT2D eigenvalue weighted by Crippen LogP contribution is 2.30. The van der Waals surface area contributed by atoms with E-state index in [1.165, 1.54) is 0 Å². The first-order chi connectivity index (χ1) is 12.1. The van der Waals surface area contributed by atoms with Gasteiger partial charge in [0.1, 0.15) is 22.5 Å². The van der Waals surface area contributed by atoms with Crippen molar-refractivity contribution in [1.29, 1.82) is 0 Å². The first kappa shape index (κ1) is 15.9. The van der Waals surface area contributed by atoms with Crippen LogP contribution in [0.4, 0.5) is 0 Å². The van der Waals surface area contributed by atoms with Crippen molar-refractivity contribution < 1.29 is 8.85 Å². The second-order valence-electron chi connectivity index (χ2n) is 5.70. The number of aromatic nitrogens is 2. The van der Waals surface area contributed by atoms with Gasteiger partial charge in [0.05, 0.1) is 0 Å². The smallest absolute Gasteiger partial charge is 0.499 e. The fraction of sp³-hybridized carbons (Fsp3) is 0.0526. The summed E-state index contributed by atoms with van der Waals surface area (Å²) >= 11 is 6.64. The first-order valence-electron chi connectivity index (χ1n) is 7.87. The summed E-state index contributed by atoms with van der Waals surface area (Å²) in [7, 11) is -3.03. The van der Waals surface area contributed by atoms with E-state index in [4.69, 9.17) is 19.9 Å². The Hall–Kier alpha value is -2.63. The maximum atomic E-state index is 6.64. The average Bonchev–Trinajstić information content (AvgIpc) is 2.62. The van der Waals surface area contributed by atoms with Crippen LogP contribution >= 0.6 is 11.1 Å². The Balaban J connectivity index is 1.67. The SMILES string of the molecule is C[Si](Cl)(Oc1cccc2cccnc12)Oc1cccc2cccnc12. The number of nitrogens with zero attached hydrogens (tertiary/aromatic N) is 2. The Kier molecular flexibility index (Phi) is 4.03. The molecule has 0 radical (unpaired) electrons. The summed E-state index contributed by atoms with van der Waals surface area (Å²) < 4.78 is 12.1. The number of hydrogen-bond acceptors (Lipinski definition) is 4. The van der Waals surface area contributed by atoms with Crippen molar-refractivity contribution in [1.82, 2.24) is 9.97 Å². The van der Waals surface area contributed by atoms with E-state index in [1.807, 2.05) is 60.7 Å². The van der Waals surface area contributed by atoms with Crippen molar-refractivity contribution in [2.75, 3.05) is 0 Å². The van der Waals surface area contributed by atoms with E-state index in [9.17, 15) is 0 Å². The molecule has 0 fully saturated rings. The van der Waals surface area contributed by atoms with E-state index in [1.54, 1.807) is 18.9 Å². The van der Waals surface area contributed by atoms with Crippen molar-refractivity contribution >= 4 is 40.8 Å². The number of fused-ring (bicyclic) bond motifs is 2. The van der Waals surface area contributed by atoms with Gasteiger partial charge in [0.2, 0.25) is 0 Å². The number of para-hydroxylation sites is 2. The second kappa shape index (κ2) is 6.35. The lowest BCUT2D eigenvalue weighted by Crippen LogP contribution is -2.39. The predicted molar refractivity (Wildman–Crippen MR) is 102 cm³/mol. The Morgan fingerprint density at radius 3 is 1.64 bits per heavy atom. The summed E-state index contributed by atoms with van der Waals surface area (Å²) in [5, 5.41) is 1.99. The zero-order valence-electron chi connectivity index (χ0n) is 13.5. The van der Waals surface area contributed by atoms with Gasteiger partial charge >= 0.3 is 7.87 Å². The third kappa shape index (κ3) is 3.29. The summed E-state index contributed by atoms with van der Waals surface area (Å²) in [5.41, 5.74) is 1.54. The molecule has 0 aliphatic heterocycles. The molecule has 0 unspecified atom stereocenters. The number of benzene rings is 2. The zero-order valence-corrected chi connectivity index (χ0v) is 15.3. The lowest BCUT2D eigenvalue weighted by Gasteiger charge is -2.23. The van der Waals surface area contributed by atoms with Crippen LogP contribution in [-0.2, 0) is 0 Å². The highest BCUT2D eigenvalue weighted by molar-refractivity contribution is 7.13. The molecule has 0 saturated heterocycles. The molecule has 2 heterocycles. The van der Waals surface area contributed by atoms with Gasteiger partial charge in [-0.3, -0.25) is 9.97 Å². The molecule has 25 heavy (non-hydrogen) atoms. The lowest BCUT2D eigenvalue weighted by atomic mass is 10.2. The lowest BCUT2D eigenvalue weighted by molar-refractivity contribution is 0.423. The number of halogens is 1. The second-order valence-corrected chi connectivity index (χ2v) is 9.84. The van der Waals surface area contributed by atoms with Gasteiger partial charge in [0, 0.05) is 29.7 Å². The summed E-state index contributed by atoms with van der Waals surface area (Å²) in [5.74, 6) is 1.24. The van der Waals surface area contributed by atoms with Crippen molar-refractivity contribution in [3.05, 3.63) is 73.1 Å². The molecule has 4 nitrogen and oxygen atoms in total. The molecule has 124 valence electrons. The molecular weight excluding hydrogens is 352 g/mol. The molecule has 0 aliphatic rings. The first-order valence-corrected chi connectivity index (χ1v) is 11.2. The summed E-state index contributed by atoms with van der Waals surface area (Å²) in [6.45, 7) is 1.79. The molecule has 0 aliphatic carbocycles. The Morgan fingerprint density at radius 1 is 0.720 bits per heavy atom. The van der Waals surface area contributed by atoms with Crippen LogP contribution in [-0.4, -0.2) is 17.8 Å². The normalized spacial score (nSPS) is 11.6. The molecule has 0 saturated carbocycles. The van der Waals surface area contributed by atoms with Gasteiger partial charge in [-0.15, -0.1) is 0 Å². The van der Waals surface area contributed by atoms with Crippen molar-refractivity contribution in [2.24, 2.45) is 0 Å². The minimum atomic E-state index is -3.03. The van der Waals surface area contributed by atoms with Crippen molar-refractivity contribution in [2.45, 2.75) is 6.55 Å². The van der Waals surface area contributed by atoms with Crippen LogP contribution in [0.1, 0.15) is 0 Å². The molecule has 0 spiro atoms. The van der Waals surface area contributed by atoms with Gasteiger partial charge in [0.15, 0.2) is 0 Å². The molecule has 6 heteroatoms. The zero-order chi connectivity index (χ0) is 17.3. The minimum absolute atomic E-state index is 0.621. The number of hydrogen-bond donors (Lipinski definition) is 0. The van der Waals surface area contributed by atoms with Crippen LogP contribution in [0, 0.1) is 0 Å². The maximum absolute atomic E-state index is 6.64.